The van der Waals surface area contributed by atoms with Crippen LogP contribution in [0.25, 0.3) is 0 Å². The van der Waals surface area contributed by atoms with Crippen molar-refractivity contribution in [3.05, 3.63) is 18.4 Å². The maximum Gasteiger partial charge on any atom is 0.410 e. The number of hydrogen-bond donors (Lipinski definition) is 0. The fourth-order valence-electron chi connectivity index (χ4n) is 1.92. The van der Waals surface area contributed by atoms with Gasteiger partial charge in [-0.2, -0.15) is 0 Å². The molecule has 2 rings (SSSR count). The van der Waals surface area contributed by atoms with Crippen LogP contribution in [0.2, 0.25) is 0 Å². The third-order valence-corrected chi connectivity index (χ3v) is 2.71. The number of hydrogen-bond acceptors (Lipinski definition) is 4. The first-order valence-corrected chi connectivity index (χ1v) is 5.82. The van der Waals surface area contributed by atoms with Crippen molar-refractivity contribution in [2.75, 3.05) is 13.1 Å². The highest BCUT2D eigenvalue weighted by molar-refractivity contribution is 5.68. The summed E-state index contributed by atoms with van der Waals surface area (Å²) < 4.78 is 10.3. The highest BCUT2D eigenvalue weighted by Crippen LogP contribution is 2.26. The van der Waals surface area contributed by atoms with E-state index in [4.69, 9.17) is 9.15 Å². The van der Waals surface area contributed by atoms with Gasteiger partial charge in [-0.1, -0.05) is 0 Å². The van der Waals surface area contributed by atoms with Gasteiger partial charge in [-0.05, 0) is 27.2 Å². The average molecular weight is 238 g/mol. The lowest BCUT2D eigenvalue weighted by Gasteiger charge is -2.24. The third-order valence-electron chi connectivity index (χ3n) is 2.71. The Morgan fingerprint density at radius 2 is 2.35 bits per heavy atom. The monoisotopic (exact) mass is 238 g/mol. The Morgan fingerprint density at radius 1 is 1.59 bits per heavy atom. The molecule has 1 aliphatic heterocycles. The van der Waals surface area contributed by atoms with Gasteiger partial charge in [-0.25, -0.2) is 9.78 Å². The van der Waals surface area contributed by atoms with Crippen LogP contribution in [0.1, 0.15) is 38.8 Å². The van der Waals surface area contributed by atoms with E-state index in [9.17, 15) is 4.79 Å². The van der Waals surface area contributed by atoms with E-state index in [1.807, 2.05) is 20.8 Å². The van der Waals surface area contributed by atoms with Crippen molar-refractivity contribution >= 4 is 6.09 Å². The summed E-state index contributed by atoms with van der Waals surface area (Å²) in [4.78, 5) is 17.7. The molecule has 1 aromatic rings. The van der Waals surface area contributed by atoms with E-state index in [0.717, 1.165) is 12.1 Å². The first-order valence-electron chi connectivity index (χ1n) is 5.82. The first-order chi connectivity index (χ1) is 7.96. The topological polar surface area (TPSA) is 55.6 Å². The molecule has 0 aliphatic carbocycles. The van der Waals surface area contributed by atoms with Gasteiger partial charge >= 0.3 is 6.09 Å². The van der Waals surface area contributed by atoms with E-state index in [-0.39, 0.29) is 12.0 Å². The van der Waals surface area contributed by atoms with Crippen molar-refractivity contribution in [2.45, 2.75) is 38.7 Å². The summed E-state index contributed by atoms with van der Waals surface area (Å²) in [5.41, 5.74) is 0.472. The molecular weight excluding hydrogens is 220 g/mol. The number of nitrogens with zero attached hydrogens (tertiary/aromatic N) is 2. The van der Waals surface area contributed by atoms with Crippen LogP contribution in [0, 0.1) is 0 Å². The molecule has 1 saturated heterocycles. The molecule has 1 fully saturated rings. The Balaban J connectivity index is 1.92. The van der Waals surface area contributed by atoms with Crippen LogP contribution < -0.4 is 0 Å². The summed E-state index contributed by atoms with van der Waals surface area (Å²) >= 11 is 0. The fourth-order valence-corrected chi connectivity index (χ4v) is 1.92. The van der Waals surface area contributed by atoms with Gasteiger partial charge in [0.15, 0.2) is 6.39 Å². The van der Waals surface area contributed by atoms with Crippen molar-refractivity contribution in [1.82, 2.24) is 9.88 Å². The molecule has 0 spiro atoms. The highest BCUT2D eigenvalue weighted by atomic mass is 16.6. The van der Waals surface area contributed by atoms with Crippen LogP contribution in [0.5, 0.6) is 0 Å². The quantitative estimate of drug-likeness (QED) is 0.753. The van der Waals surface area contributed by atoms with Crippen molar-refractivity contribution in [3.63, 3.8) is 0 Å². The smallest absolute Gasteiger partial charge is 0.410 e. The third kappa shape index (κ3) is 2.99. The highest BCUT2D eigenvalue weighted by Gasteiger charge is 2.31. The summed E-state index contributed by atoms with van der Waals surface area (Å²) in [6, 6.07) is 0. The standard InChI is InChI=1S/C12H18N2O3/c1-12(2,3)17-11(15)14-5-4-9(6-14)10-7-16-8-13-10/h7-9H,4-6H2,1-3H3. The molecule has 1 aromatic heterocycles. The Kier molecular flexibility index (Phi) is 3.09. The fraction of sp³-hybridized carbons (Fsp3) is 0.667. The van der Waals surface area contributed by atoms with Crippen LogP contribution in [0.15, 0.2) is 17.1 Å². The molecular formula is C12H18N2O3. The number of ether oxygens (including phenoxy) is 1. The molecule has 17 heavy (non-hydrogen) atoms. The molecule has 94 valence electrons. The minimum atomic E-state index is -0.441. The van der Waals surface area contributed by atoms with Crippen molar-refractivity contribution in [2.24, 2.45) is 0 Å². The van der Waals surface area contributed by atoms with Crippen LogP contribution in [0.4, 0.5) is 4.79 Å². The molecule has 5 heteroatoms. The Bertz CT molecular complexity index is 381. The lowest BCUT2D eigenvalue weighted by Crippen LogP contribution is -2.35. The lowest BCUT2D eigenvalue weighted by molar-refractivity contribution is 0.0292. The largest absolute Gasteiger partial charge is 0.451 e. The lowest BCUT2D eigenvalue weighted by atomic mass is 10.1. The van der Waals surface area contributed by atoms with Gasteiger partial charge in [-0.3, -0.25) is 0 Å². The van der Waals surface area contributed by atoms with Crippen molar-refractivity contribution < 1.29 is 13.9 Å². The van der Waals surface area contributed by atoms with E-state index >= 15 is 0 Å². The van der Waals surface area contributed by atoms with Crippen LogP contribution in [0.3, 0.4) is 0 Å². The average Bonchev–Trinajstić information content (AvgIpc) is 2.86. The van der Waals surface area contributed by atoms with Crippen molar-refractivity contribution in [3.8, 4) is 0 Å². The van der Waals surface area contributed by atoms with Gasteiger partial charge in [-0.15, -0.1) is 0 Å². The van der Waals surface area contributed by atoms with Crippen LogP contribution in [-0.2, 0) is 4.74 Å². The van der Waals surface area contributed by atoms with Crippen molar-refractivity contribution in [1.29, 1.82) is 0 Å². The molecule has 0 bridgehead atoms. The second-order valence-corrected chi connectivity index (χ2v) is 5.33. The normalized spacial score (nSPS) is 20.6. The molecule has 1 atom stereocenters. The van der Waals surface area contributed by atoms with E-state index in [2.05, 4.69) is 4.98 Å². The number of carbonyl (C=O) groups excluding carboxylic acids is 1. The number of carbonyl (C=O) groups is 1. The Hall–Kier alpha value is -1.52. The zero-order chi connectivity index (χ0) is 12.5. The van der Waals surface area contributed by atoms with Gasteiger partial charge in [0, 0.05) is 19.0 Å². The number of amides is 1. The maximum atomic E-state index is 11.8. The number of oxazole rings is 1. The van der Waals surface area contributed by atoms with Crippen LogP contribution in [-0.4, -0.2) is 34.7 Å². The number of rotatable bonds is 1. The molecule has 0 N–H and O–H groups in total. The summed E-state index contributed by atoms with van der Waals surface area (Å²) in [5, 5.41) is 0. The zero-order valence-electron chi connectivity index (χ0n) is 10.5. The predicted octanol–water partition coefficient (Wildman–Crippen LogP) is 2.40. The SMILES string of the molecule is CC(C)(C)OC(=O)N1CCC(c2cocn2)C1. The van der Waals surface area contributed by atoms with E-state index in [1.54, 1.807) is 11.2 Å². The minimum absolute atomic E-state index is 0.247. The summed E-state index contributed by atoms with van der Waals surface area (Å²) in [6.07, 6.45) is 3.73. The Labute approximate surface area is 101 Å². The first kappa shape index (κ1) is 12.0. The summed E-state index contributed by atoms with van der Waals surface area (Å²) in [5.74, 6) is 0.265. The van der Waals surface area contributed by atoms with E-state index in [0.29, 0.717) is 13.1 Å². The maximum absolute atomic E-state index is 11.8. The van der Waals surface area contributed by atoms with Gasteiger partial charge < -0.3 is 14.1 Å². The van der Waals surface area contributed by atoms with Gasteiger partial charge in [0.25, 0.3) is 0 Å². The van der Waals surface area contributed by atoms with Gasteiger partial charge in [0.2, 0.25) is 0 Å². The molecule has 1 aliphatic rings. The van der Waals surface area contributed by atoms with E-state index in [1.165, 1.54) is 6.39 Å². The van der Waals surface area contributed by atoms with Gasteiger partial charge in [0.1, 0.15) is 11.9 Å². The zero-order valence-corrected chi connectivity index (χ0v) is 10.5. The summed E-state index contributed by atoms with van der Waals surface area (Å²) in [6.45, 7) is 6.98. The molecule has 2 heterocycles. The van der Waals surface area contributed by atoms with Gasteiger partial charge in [0.05, 0.1) is 5.69 Å². The summed E-state index contributed by atoms with van der Waals surface area (Å²) in [7, 11) is 0. The van der Waals surface area contributed by atoms with Crippen LogP contribution >= 0.6 is 0 Å². The molecule has 1 unspecified atom stereocenters. The van der Waals surface area contributed by atoms with E-state index < -0.39 is 5.60 Å². The Morgan fingerprint density at radius 3 is 2.94 bits per heavy atom. The molecule has 5 nitrogen and oxygen atoms in total. The second kappa shape index (κ2) is 4.39. The molecule has 0 aromatic carbocycles. The number of likely N-dealkylation sites (tertiary alicyclic amines) is 1. The molecule has 0 saturated carbocycles. The molecule has 0 radical (unpaired) electrons. The predicted molar refractivity (Wildman–Crippen MR) is 61.7 cm³/mol. The minimum Gasteiger partial charge on any atom is -0.451 e. The molecule has 1 amide bonds. The number of aromatic nitrogens is 1. The second-order valence-electron chi connectivity index (χ2n) is 5.33.